The Kier molecular flexibility index (Phi) is 5.42. The predicted molar refractivity (Wildman–Crippen MR) is 103 cm³/mol. The van der Waals surface area contributed by atoms with Crippen molar-refractivity contribution in [3.8, 4) is 11.5 Å². The molecule has 0 unspecified atom stereocenters. The van der Waals surface area contributed by atoms with E-state index in [2.05, 4.69) is 15.6 Å². The largest absolute Gasteiger partial charge is 0.454 e. The Morgan fingerprint density at radius 3 is 2.70 bits per heavy atom. The number of anilines is 1. The third kappa shape index (κ3) is 4.51. The average Bonchev–Trinajstić information content (AvgIpc) is 3.02. The second-order valence-corrected chi connectivity index (χ2v) is 7.13. The first-order valence-electron chi connectivity index (χ1n) is 9.67. The normalized spacial score (nSPS) is 16.6. The Labute approximate surface area is 159 Å². The number of hydrogen-bond donors (Lipinski definition) is 2. The molecule has 2 aromatic rings. The molecule has 1 amide bonds. The van der Waals surface area contributed by atoms with E-state index in [9.17, 15) is 4.79 Å². The van der Waals surface area contributed by atoms with E-state index in [4.69, 9.17) is 9.47 Å². The van der Waals surface area contributed by atoms with E-state index >= 15 is 0 Å². The summed E-state index contributed by atoms with van der Waals surface area (Å²) in [7, 11) is 0. The molecule has 0 bridgehead atoms. The van der Waals surface area contributed by atoms with Gasteiger partial charge in [-0.15, -0.1) is 0 Å². The lowest BCUT2D eigenvalue weighted by molar-refractivity contribution is 0.0928. The first-order valence-corrected chi connectivity index (χ1v) is 9.67. The van der Waals surface area contributed by atoms with Crippen molar-refractivity contribution in [1.82, 2.24) is 10.3 Å². The van der Waals surface area contributed by atoms with Gasteiger partial charge in [0, 0.05) is 24.5 Å². The Morgan fingerprint density at radius 2 is 1.85 bits per heavy atom. The number of hydrogen-bond acceptors (Lipinski definition) is 5. The maximum absolute atomic E-state index is 12.5. The number of nitrogens with zero attached hydrogens (tertiary/aromatic N) is 1. The van der Waals surface area contributed by atoms with E-state index in [1.165, 1.54) is 25.7 Å². The van der Waals surface area contributed by atoms with E-state index in [1.54, 1.807) is 12.3 Å². The fourth-order valence-corrected chi connectivity index (χ4v) is 3.60. The van der Waals surface area contributed by atoms with Crippen LogP contribution in [0.2, 0.25) is 0 Å². The Balaban J connectivity index is 1.36. The highest BCUT2D eigenvalue weighted by Gasteiger charge is 2.17. The standard InChI is InChI=1S/C21H25N3O3/c25-21(24-16-5-3-1-2-4-6-16)18-12-17(9-10-22-18)23-13-15-7-8-19-20(11-15)27-14-26-19/h7-12,16H,1-6,13-14H2,(H,22,23)(H,24,25). The molecule has 1 saturated carbocycles. The number of rotatable bonds is 5. The smallest absolute Gasteiger partial charge is 0.270 e. The minimum absolute atomic E-state index is 0.0892. The number of fused-ring (bicyclic) bond motifs is 1. The fraction of sp³-hybridized carbons (Fsp3) is 0.429. The lowest BCUT2D eigenvalue weighted by Gasteiger charge is -2.16. The molecule has 0 spiro atoms. The summed E-state index contributed by atoms with van der Waals surface area (Å²) in [5.74, 6) is 1.46. The van der Waals surface area contributed by atoms with E-state index in [-0.39, 0.29) is 18.7 Å². The average molecular weight is 367 g/mol. The minimum atomic E-state index is -0.0892. The third-order valence-electron chi connectivity index (χ3n) is 5.12. The summed E-state index contributed by atoms with van der Waals surface area (Å²) in [5.41, 5.74) is 2.41. The predicted octanol–water partition coefficient (Wildman–Crippen LogP) is 3.88. The summed E-state index contributed by atoms with van der Waals surface area (Å²) in [4.78, 5) is 16.8. The number of benzene rings is 1. The number of carbonyl (C=O) groups excluding carboxylic acids is 1. The number of amides is 1. The number of carbonyl (C=O) groups is 1. The molecule has 1 aromatic heterocycles. The first-order chi connectivity index (χ1) is 13.3. The topological polar surface area (TPSA) is 72.5 Å². The van der Waals surface area contributed by atoms with Gasteiger partial charge in [-0.2, -0.15) is 0 Å². The van der Waals surface area contributed by atoms with Gasteiger partial charge in [0.2, 0.25) is 6.79 Å². The molecule has 1 aliphatic heterocycles. The van der Waals surface area contributed by atoms with Gasteiger partial charge in [0.15, 0.2) is 11.5 Å². The highest BCUT2D eigenvalue weighted by atomic mass is 16.7. The zero-order valence-corrected chi connectivity index (χ0v) is 15.4. The van der Waals surface area contributed by atoms with Crippen LogP contribution in [-0.2, 0) is 6.54 Å². The van der Waals surface area contributed by atoms with Crippen molar-refractivity contribution in [2.45, 2.75) is 51.1 Å². The van der Waals surface area contributed by atoms with Gasteiger partial charge in [-0.3, -0.25) is 9.78 Å². The second-order valence-electron chi connectivity index (χ2n) is 7.13. The van der Waals surface area contributed by atoms with Crippen molar-refractivity contribution in [3.05, 3.63) is 47.8 Å². The van der Waals surface area contributed by atoms with Crippen LogP contribution in [0.15, 0.2) is 36.5 Å². The molecular formula is C21H25N3O3. The highest BCUT2D eigenvalue weighted by molar-refractivity contribution is 5.93. The molecule has 1 fully saturated rings. The van der Waals surface area contributed by atoms with Crippen LogP contribution in [-0.4, -0.2) is 23.7 Å². The molecule has 4 rings (SSSR count). The molecule has 0 saturated heterocycles. The van der Waals surface area contributed by atoms with Crippen molar-refractivity contribution < 1.29 is 14.3 Å². The van der Waals surface area contributed by atoms with Gasteiger partial charge in [0.1, 0.15) is 5.69 Å². The van der Waals surface area contributed by atoms with Gasteiger partial charge in [-0.05, 0) is 42.7 Å². The fourth-order valence-electron chi connectivity index (χ4n) is 3.60. The molecule has 1 aliphatic carbocycles. The summed E-state index contributed by atoms with van der Waals surface area (Å²) in [5, 5.41) is 6.49. The highest BCUT2D eigenvalue weighted by Crippen LogP contribution is 2.32. The van der Waals surface area contributed by atoms with Crippen molar-refractivity contribution >= 4 is 11.6 Å². The number of aromatic nitrogens is 1. The van der Waals surface area contributed by atoms with Gasteiger partial charge >= 0.3 is 0 Å². The zero-order chi connectivity index (χ0) is 18.5. The summed E-state index contributed by atoms with van der Waals surface area (Å²) in [6.45, 7) is 0.903. The second kappa shape index (κ2) is 8.29. The monoisotopic (exact) mass is 367 g/mol. The molecule has 1 aromatic carbocycles. The number of nitrogens with one attached hydrogen (secondary N) is 2. The Hall–Kier alpha value is -2.76. The van der Waals surface area contributed by atoms with E-state index < -0.39 is 0 Å². The van der Waals surface area contributed by atoms with E-state index in [0.29, 0.717) is 12.2 Å². The maximum atomic E-state index is 12.5. The van der Waals surface area contributed by atoms with Gasteiger partial charge in [-0.25, -0.2) is 0 Å². The molecule has 2 N–H and O–H groups in total. The van der Waals surface area contributed by atoms with Crippen LogP contribution >= 0.6 is 0 Å². The molecule has 2 aliphatic rings. The van der Waals surface area contributed by atoms with Crippen LogP contribution < -0.4 is 20.1 Å². The SMILES string of the molecule is O=C(NC1CCCCCC1)c1cc(NCc2ccc3c(c2)OCO3)ccn1. The molecule has 2 heterocycles. The Bertz CT molecular complexity index is 801. The number of ether oxygens (including phenoxy) is 2. The minimum Gasteiger partial charge on any atom is -0.454 e. The zero-order valence-electron chi connectivity index (χ0n) is 15.4. The van der Waals surface area contributed by atoms with E-state index in [1.807, 2.05) is 24.3 Å². The first kappa shape index (κ1) is 17.6. The van der Waals surface area contributed by atoms with Crippen molar-refractivity contribution in [1.29, 1.82) is 0 Å². The Morgan fingerprint density at radius 1 is 1.04 bits per heavy atom. The number of pyridine rings is 1. The van der Waals surface area contributed by atoms with Crippen LogP contribution in [0.1, 0.15) is 54.6 Å². The van der Waals surface area contributed by atoms with Crippen LogP contribution in [0.25, 0.3) is 0 Å². The lowest BCUT2D eigenvalue weighted by atomic mass is 10.1. The van der Waals surface area contributed by atoms with Gasteiger partial charge in [-0.1, -0.05) is 31.7 Å². The van der Waals surface area contributed by atoms with Crippen LogP contribution in [0.3, 0.4) is 0 Å². The summed E-state index contributed by atoms with van der Waals surface area (Å²) >= 11 is 0. The molecule has 142 valence electrons. The lowest BCUT2D eigenvalue weighted by Crippen LogP contribution is -2.34. The molecule has 6 heteroatoms. The van der Waals surface area contributed by atoms with Gasteiger partial charge in [0.05, 0.1) is 0 Å². The van der Waals surface area contributed by atoms with Crippen molar-refractivity contribution in [3.63, 3.8) is 0 Å². The summed E-state index contributed by atoms with van der Waals surface area (Å²) in [6, 6.07) is 9.83. The van der Waals surface area contributed by atoms with Crippen LogP contribution in [0.4, 0.5) is 5.69 Å². The van der Waals surface area contributed by atoms with Gasteiger partial charge in [0.25, 0.3) is 5.91 Å². The third-order valence-corrected chi connectivity index (χ3v) is 5.12. The molecular weight excluding hydrogens is 342 g/mol. The summed E-state index contributed by atoms with van der Waals surface area (Å²) < 4.78 is 10.7. The van der Waals surface area contributed by atoms with Gasteiger partial charge < -0.3 is 20.1 Å². The van der Waals surface area contributed by atoms with Crippen molar-refractivity contribution in [2.75, 3.05) is 12.1 Å². The van der Waals surface area contributed by atoms with Crippen LogP contribution in [0, 0.1) is 0 Å². The maximum Gasteiger partial charge on any atom is 0.270 e. The molecule has 27 heavy (non-hydrogen) atoms. The van der Waals surface area contributed by atoms with Crippen LogP contribution in [0.5, 0.6) is 11.5 Å². The molecule has 0 radical (unpaired) electrons. The van der Waals surface area contributed by atoms with Crippen molar-refractivity contribution in [2.24, 2.45) is 0 Å². The molecule has 6 nitrogen and oxygen atoms in total. The summed E-state index contributed by atoms with van der Waals surface area (Å²) in [6.07, 6.45) is 8.71. The molecule has 0 atom stereocenters. The van der Waals surface area contributed by atoms with E-state index in [0.717, 1.165) is 35.6 Å². The quantitative estimate of drug-likeness (QED) is 0.785.